The van der Waals surface area contributed by atoms with Gasteiger partial charge in [0.15, 0.2) is 5.75 Å². The predicted molar refractivity (Wildman–Crippen MR) is 135 cm³/mol. The van der Waals surface area contributed by atoms with Gasteiger partial charge in [0.2, 0.25) is 11.9 Å². The minimum Gasteiger partial charge on any atom is -0.433 e. The normalized spacial score (nSPS) is 14.4. The standard InChI is InChI=1S/C27H22F2N6O3/c1-4-20-24-33-19-11-10-16(8-9-17-13-30-27(31-14-17)32-15(2)36)12-21(19)35(24)23-18(25(37)34(20)3)6-5-7-22(23)38-26(28)29/h5-7,10-14,20,26H,4H2,1-3H3,(H,30,31,32,36). The molecule has 0 saturated carbocycles. The Labute approximate surface area is 216 Å². The van der Waals surface area contributed by atoms with Crippen LogP contribution in [0, 0.1) is 11.8 Å². The van der Waals surface area contributed by atoms with E-state index in [1.54, 1.807) is 40.8 Å². The van der Waals surface area contributed by atoms with Crippen LogP contribution in [0.3, 0.4) is 0 Å². The van der Waals surface area contributed by atoms with Crippen molar-refractivity contribution >= 4 is 28.8 Å². The Hall–Kier alpha value is -4.85. The molecule has 2 amide bonds. The second kappa shape index (κ2) is 9.89. The van der Waals surface area contributed by atoms with E-state index < -0.39 is 12.7 Å². The third-order valence-corrected chi connectivity index (χ3v) is 6.11. The molecule has 2 aromatic carbocycles. The number of hydrogen-bond acceptors (Lipinski definition) is 6. The van der Waals surface area contributed by atoms with Crippen LogP contribution in [0.5, 0.6) is 5.75 Å². The number of ether oxygens (including phenoxy) is 1. The molecule has 0 saturated heterocycles. The first kappa shape index (κ1) is 24.8. The van der Waals surface area contributed by atoms with Gasteiger partial charge in [-0.1, -0.05) is 24.8 Å². The second-order valence-corrected chi connectivity index (χ2v) is 8.61. The van der Waals surface area contributed by atoms with Gasteiger partial charge in [0.05, 0.1) is 28.2 Å². The summed E-state index contributed by atoms with van der Waals surface area (Å²) in [6, 6.07) is 9.51. The summed E-state index contributed by atoms with van der Waals surface area (Å²) >= 11 is 0. The summed E-state index contributed by atoms with van der Waals surface area (Å²) in [7, 11) is 1.67. The maximum absolute atomic E-state index is 13.3. The zero-order valence-corrected chi connectivity index (χ0v) is 20.7. The lowest BCUT2D eigenvalue weighted by Crippen LogP contribution is -2.30. The highest BCUT2D eigenvalue weighted by molar-refractivity contribution is 6.01. The number of hydrogen-bond donors (Lipinski definition) is 1. The van der Waals surface area contributed by atoms with E-state index in [2.05, 4.69) is 27.1 Å². The molecule has 38 heavy (non-hydrogen) atoms. The van der Waals surface area contributed by atoms with Crippen LogP contribution >= 0.6 is 0 Å². The summed E-state index contributed by atoms with van der Waals surface area (Å²) in [6.45, 7) is 0.224. The molecular weight excluding hydrogens is 494 g/mol. The summed E-state index contributed by atoms with van der Waals surface area (Å²) in [4.78, 5) is 39.0. The van der Waals surface area contributed by atoms with E-state index in [4.69, 9.17) is 9.72 Å². The summed E-state index contributed by atoms with van der Waals surface area (Å²) in [5, 5.41) is 2.49. The second-order valence-electron chi connectivity index (χ2n) is 8.61. The lowest BCUT2D eigenvalue weighted by atomic mass is 10.1. The number of para-hydroxylation sites is 1. The van der Waals surface area contributed by atoms with Crippen LogP contribution in [0.25, 0.3) is 16.7 Å². The molecule has 1 atom stereocenters. The first-order valence-corrected chi connectivity index (χ1v) is 11.8. The van der Waals surface area contributed by atoms with Crippen molar-refractivity contribution < 1.29 is 23.1 Å². The Morgan fingerprint density at radius 1 is 1.16 bits per heavy atom. The lowest BCUT2D eigenvalue weighted by molar-refractivity contribution is -0.114. The van der Waals surface area contributed by atoms with Crippen molar-refractivity contribution in [2.75, 3.05) is 12.4 Å². The molecule has 5 rings (SSSR count). The smallest absolute Gasteiger partial charge is 0.387 e. The third kappa shape index (κ3) is 4.52. The van der Waals surface area contributed by atoms with Crippen LogP contribution < -0.4 is 10.1 Å². The van der Waals surface area contributed by atoms with Gasteiger partial charge in [0, 0.05) is 31.9 Å². The van der Waals surface area contributed by atoms with E-state index in [9.17, 15) is 18.4 Å². The Kier molecular flexibility index (Phi) is 6.46. The maximum atomic E-state index is 13.3. The fraction of sp³-hybridized carbons (Fsp3) is 0.222. The molecule has 1 aliphatic rings. The summed E-state index contributed by atoms with van der Waals surface area (Å²) in [6.07, 6.45) is 3.55. The van der Waals surface area contributed by atoms with Gasteiger partial charge in [-0.2, -0.15) is 8.78 Å². The zero-order chi connectivity index (χ0) is 27.0. The molecule has 0 aliphatic carbocycles. The Morgan fingerprint density at radius 2 is 1.89 bits per heavy atom. The molecule has 0 bridgehead atoms. The van der Waals surface area contributed by atoms with Gasteiger partial charge in [-0.05, 0) is 36.8 Å². The van der Waals surface area contributed by atoms with Gasteiger partial charge in [0.25, 0.3) is 5.91 Å². The number of benzene rings is 2. The van der Waals surface area contributed by atoms with Crippen molar-refractivity contribution in [1.29, 1.82) is 0 Å². The van der Waals surface area contributed by atoms with Crippen molar-refractivity contribution in [3.05, 3.63) is 71.3 Å². The Morgan fingerprint density at radius 3 is 2.58 bits per heavy atom. The molecule has 1 aliphatic heterocycles. The number of carbonyl (C=O) groups excluding carboxylic acids is 2. The number of amides is 2. The quantitative estimate of drug-likeness (QED) is 0.406. The number of imidazole rings is 1. The summed E-state index contributed by atoms with van der Waals surface area (Å²) in [5.74, 6) is 6.03. The molecular formula is C27H22F2N6O3. The first-order chi connectivity index (χ1) is 18.3. The number of aromatic nitrogens is 4. The number of fused-ring (bicyclic) bond motifs is 5. The molecule has 4 aromatic rings. The van der Waals surface area contributed by atoms with E-state index in [0.29, 0.717) is 34.4 Å². The fourth-order valence-electron chi connectivity index (χ4n) is 4.47. The number of nitrogens with one attached hydrogen (secondary N) is 1. The highest BCUT2D eigenvalue weighted by atomic mass is 19.3. The van der Waals surface area contributed by atoms with Crippen molar-refractivity contribution in [1.82, 2.24) is 24.4 Å². The molecule has 2 aromatic heterocycles. The topological polar surface area (TPSA) is 102 Å². The molecule has 192 valence electrons. The largest absolute Gasteiger partial charge is 0.433 e. The number of carbonyl (C=O) groups is 2. The molecule has 3 heterocycles. The van der Waals surface area contributed by atoms with E-state index in [-0.39, 0.29) is 34.8 Å². The zero-order valence-electron chi connectivity index (χ0n) is 20.7. The molecule has 0 radical (unpaired) electrons. The van der Waals surface area contributed by atoms with Gasteiger partial charge >= 0.3 is 6.61 Å². The van der Waals surface area contributed by atoms with Gasteiger partial charge in [0.1, 0.15) is 11.5 Å². The van der Waals surface area contributed by atoms with E-state index in [0.717, 1.165) is 0 Å². The Bertz CT molecular complexity index is 1620. The van der Waals surface area contributed by atoms with Gasteiger partial charge in [-0.25, -0.2) is 15.0 Å². The van der Waals surface area contributed by atoms with Crippen LogP contribution in [0.15, 0.2) is 48.8 Å². The van der Waals surface area contributed by atoms with Crippen molar-refractivity contribution in [2.45, 2.75) is 32.9 Å². The number of rotatable bonds is 4. The minimum atomic E-state index is -3.07. The summed E-state index contributed by atoms with van der Waals surface area (Å²) in [5.41, 5.74) is 2.81. The molecule has 1 N–H and O–H groups in total. The molecule has 9 nitrogen and oxygen atoms in total. The average molecular weight is 517 g/mol. The highest BCUT2D eigenvalue weighted by Crippen LogP contribution is 2.40. The maximum Gasteiger partial charge on any atom is 0.387 e. The van der Waals surface area contributed by atoms with Crippen molar-refractivity contribution in [2.24, 2.45) is 0 Å². The van der Waals surface area contributed by atoms with Crippen LogP contribution in [-0.2, 0) is 4.79 Å². The van der Waals surface area contributed by atoms with E-state index in [1.807, 2.05) is 6.92 Å². The van der Waals surface area contributed by atoms with Gasteiger partial charge < -0.3 is 9.64 Å². The van der Waals surface area contributed by atoms with Crippen molar-refractivity contribution in [3.8, 4) is 23.3 Å². The van der Waals surface area contributed by atoms with Crippen LogP contribution in [-0.4, -0.2) is 49.9 Å². The molecule has 0 spiro atoms. The monoisotopic (exact) mass is 516 g/mol. The van der Waals surface area contributed by atoms with Crippen LogP contribution in [0.2, 0.25) is 0 Å². The SMILES string of the molecule is CCC1c2nc3ccc(C#Cc4cnc(NC(C)=O)nc4)cc3n2-c2c(OC(F)F)cccc2C(=O)N1C. The van der Waals surface area contributed by atoms with Crippen LogP contribution in [0.1, 0.15) is 53.6 Å². The van der Waals surface area contributed by atoms with E-state index >= 15 is 0 Å². The number of halogens is 2. The lowest BCUT2D eigenvalue weighted by Gasteiger charge is -2.24. The average Bonchev–Trinajstić information content (AvgIpc) is 3.21. The minimum absolute atomic E-state index is 0.121. The molecule has 1 unspecified atom stereocenters. The molecule has 0 fully saturated rings. The molecule has 11 heteroatoms. The highest BCUT2D eigenvalue weighted by Gasteiger charge is 2.35. The van der Waals surface area contributed by atoms with Crippen molar-refractivity contribution in [3.63, 3.8) is 0 Å². The third-order valence-electron chi connectivity index (χ3n) is 6.11. The van der Waals surface area contributed by atoms with Gasteiger partial charge in [-0.3, -0.25) is 19.5 Å². The van der Waals surface area contributed by atoms with Crippen LogP contribution in [0.4, 0.5) is 14.7 Å². The Balaban J connectivity index is 1.66. The number of alkyl halides is 2. The van der Waals surface area contributed by atoms with E-state index in [1.165, 1.54) is 31.5 Å². The number of anilines is 1. The fourth-order valence-corrected chi connectivity index (χ4v) is 4.47. The van der Waals surface area contributed by atoms with Gasteiger partial charge in [-0.15, -0.1) is 0 Å². The first-order valence-electron chi connectivity index (χ1n) is 11.8. The predicted octanol–water partition coefficient (Wildman–Crippen LogP) is 4.31. The number of nitrogens with zero attached hydrogens (tertiary/aromatic N) is 5. The summed E-state index contributed by atoms with van der Waals surface area (Å²) < 4.78 is 33.3.